The summed E-state index contributed by atoms with van der Waals surface area (Å²) in [6.07, 6.45) is -0.861. The van der Waals surface area contributed by atoms with Crippen molar-refractivity contribution in [2.24, 2.45) is 0 Å². The Kier molecular flexibility index (Phi) is 5.94. The molecule has 3 N–H and O–H groups in total. The van der Waals surface area contributed by atoms with Gasteiger partial charge in [0.05, 0.1) is 19.1 Å². The maximum atomic E-state index is 12.8. The number of anilines is 1. The zero-order valence-electron chi connectivity index (χ0n) is 10.1. The Morgan fingerprint density at radius 1 is 1.61 bits per heavy atom. The number of hydrogen-bond acceptors (Lipinski definition) is 5. The molecule has 18 heavy (non-hydrogen) atoms. The van der Waals surface area contributed by atoms with E-state index in [2.05, 4.69) is 0 Å². The van der Waals surface area contributed by atoms with Crippen LogP contribution < -0.4 is 5.73 Å². The van der Waals surface area contributed by atoms with Crippen molar-refractivity contribution >= 4 is 23.4 Å². The zero-order valence-corrected chi connectivity index (χ0v) is 10.9. The van der Waals surface area contributed by atoms with Crippen LogP contribution in [0.5, 0.6) is 0 Å². The van der Waals surface area contributed by atoms with Crippen molar-refractivity contribution in [3.63, 3.8) is 0 Å². The summed E-state index contributed by atoms with van der Waals surface area (Å²) in [7, 11) is 0. The summed E-state index contributed by atoms with van der Waals surface area (Å²) in [5.41, 5.74) is 5.94. The van der Waals surface area contributed by atoms with Crippen LogP contribution in [0.1, 0.15) is 13.3 Å². The van der Waals surface area contributed by atoms with Gasteiger partial charge in [0.2, 0.25) is 0 Å². The number of esters is 1. The molecular weight excluding hydrogens is 257 g/mol. The first kappa shape index (κ1) is 14.8. The van der Waals surface area contributed by atoms with Gasteiger partial charge in [-0.3, -0.25) is 4.79 Å². The summed E-state index contributed by atoms with van der Waals surface area (Å²) < 4.78 is 17.5. The summed E-state index contributed by atoms with van der Waals surface area (Å²) in [6.45, 7) is 2.00. The molecule has 0 amide bonds. The molecule has 0 aliphatic carbocycles. The van der Waals surface area contributed by atoms with Crippen molar-refractivity contribution in [2.75, 3.05) is 18.1 Å². The lowest BCUT2D eigenvalue weighted by atomic mass is 10.3. The van der Waals surface area contributed by atoms with Crippen LogP contribution in [0, 0.1) is 5.82 Å². The first-order valence-electron chi connectivity index (χ1n) is 5.54. The lowest BCUT2D eigenvalue weighted by molar-refractivity contribution is -0.144. The molecule has 1 rings (SSSR count). The van der Waals surface area contributed by atoms with Gasteiger partial charge in [0.15, 0.2) is 0 Å². The maximum absolute atomic E-state index is 12.8. The van der Waals surface area contributed by atoms with Crippen LogP contribution in [0.2, 0.25) is 0 Å². The van der Waals surface area contributed by atoms with Crippen molar-refractivity contribution in [3.05, 3.63) is 24.0 Å². The second-order valence-electron chi connectivity index (χ2n) is 3.66. The van der Waals surface area contributed by atoms with Gasteiger partial charge in [-0.05, 0) is 25.1 Å². The topological polar surface area (TPSA) is 72.5 Å². The second-order valence-corrected chi connectivity index (χ2v) is 4.72. The molecule has 1 aromatic carbocycles. The quantitative estimate of drug-likeness (QED) is 0.470. The molecule has 0 saturated heterocycles. The lowest BCUT2D eigenvalue weighted by Gasteiger charge is -2.10. The third-order valence-corrected chi connectivity index (χ3v) is 3.34. The summed E-state index contributed by atoms with van der Waals surface area (Å²) in [5.74, 6) is -0.532. The van der Waals surface area contributed by atoms with Gasteiger partial charge in [0.25, 0.3) is 0 Å². The fourth-order valence-electron chi connectivity index (χ4n) is 1.31. The number of thioether (sulfide) groups is 1. The molecule has 0 spiro atoms. The minimum Gasteiger partial charge on any atom is -0.466 e. The standard InChI is InChI=1S/C12H16FNO3S/c1-2-17-12(16)6-9(15)7-18-11-4-3-8(13)5-10(11)14/h3-5,9,15H,2,6-7,14H2,1H3. The average Bonchev–Trinajstić information content (AvgIpc) is 2.28. The van der Waals surface area contributed by atoms with E-state index in [4.69, 9.17) is 10.5 Å². The predicted molar refractivity (Wildman–Crippen MR) is 68.8 cm³/mol. The van der Waals surface area contributed by atoms with Gasteiger partial charge < -0.3 is 15.6 Å². The van der Waals surface area contributed by atoms with Gasteiger partial charge in [-0.1, -0.05) is 0 Å². The smallest absolute Gasteiger partial charge is 0.308 e. The number of nitrogen functional groups attached to an aromatic ring is 1. The van der Waals surface area contributed by atoms with Crippen LogP contribution in [0.25, 0.3) is 0 Å². The summed E-state index contributed by atoms with van der Waals surface area (Å²) in [5, 5.41) is 9.62. The van der Waals surface area contributed by atoms with E-state index >= 15 is 0 Å². The molecule has 0 radical (unpaired) electrons. The van der Waals surface area contributed by atoms with E-state index in [1.807, 2.05) is 0 Å². The highest BCUT2D eigenvalue weighted by Crippen LogP contribution is 2.26. The molecule has 0 fully saturated rings. The number of rotatable bonds is 6. The third kappa shape index (κ3) is 4.93. The monoisotopic (exact) mass is 273 g/mol. The molecule has 0 aliphatic rings. The van der Waals surface area contributed by atoms with Gasteiger partial charge in [-0.15, -0.1) is 11.8 Å². The van der Waals surface area contributed by atoms with Crippen molar-refractivity contribution in [1.29, 1.82) is 0 Å². The largest absolute Gasteiger partial charge is 0.466 e. The number of aliphatic hydroxyl groups is 1. The van der Waals surface area contributed by atoms with Crippen LogP contribution in [0.15, 0.2) is 23.1 Å². The molecule has 0 heterocycles. The SMILES string of the molecule is CCOC(=O)CC(O)CSc1ccc(F)cc1N. The van der Waals surface area contributed by atoms with Crippen LogP contribution in [0.3, 0.4) is 0 Å². The van der Waals surface area contributed by atoms with E-state index in [0.29, 0.717) is 22.9 Å². The van der Waals surface area contributed by atoms with Gasteiger partial charge in [-0.25, -0.2) is 4.39 Å². The van der Waals surface area contributed by atoms with E-state index in [0.717, 1.165) is 0 Å². The molecule has 100 valence electrons. The highest BCUT2D eigenvalue weighted by molar-refractivity contribution is 7.99. The van der Waals surface area contributed by atoms with E-state index in [1.165, 1.54) is 23.9 Å². The van der Waals surface area contributed by atoms with E-state index in [-0.39, 0.29) is 6.42 Å². The minimum atomic E-state index is -0.807. The Bertz CT molecular complexity index is 414. The number of benzene rings is 1. The maximum Gasteiger partial charge on any atom is 0.308 e. The number of carbonyl (C=O) groups excluding carboxylic acids is 1. The normalized spacial score (nSPS) is 12.2. The zero-order chi connectivity index (χ0) is 13.5. The van der Waals surface area contributed by atoms with E-state index in [9.17, 15) is 14.3 Å². The fourth-order valence-corrected chi connectivity index (χ4v) is 2.19. The summed E-state index contributed by atoms with van der Waals surface area (Å²) in [6, 6.07) is 4.07. The van der Waals surface area contributed by atoms with Crippen LogP contribution in [0.4, 0.5) is 10.1 Å². The Hall–Kier alpha value is -1.27. The predicted octanol–water partition coefficient (Wildman–Crippen LogP) is 1.81. The molecule has 0 bridgehead atoms. The van der Waals surface area contributed by atoms with Gasteiger partial charge in [-0.2, -0.15) is 0 Å². The molecule has 0 aromatic heterocycles. The Balaban J connectivity index is 2.42. The highest BCUT2D eigenvalue weighted by atomic mass is 32.2. The van der Waals surface area contributed by atoms with Crippen LogP contribution in [-0.4, -0.2) is 29.5 Å². The van der Waals surface area contributed by atoms with E-state index in [1.54, 1.807) is 13.0 Å². The van der Waals surface area contributed by atoms with Crippen molar-refractivity contribution in [1.82, 2.24) is 0 Å². The van der Waals surface area contributed by atoms with Gasteiger partial charge >= 0.3 is 5.97 Å². The van der Waals surface area contributed by atoms with E-state index < -0.39 is 17.9 Å². The Morgan fingerprint density at radius 2 is 2.33 bits per heavy atom. The van der Waals surface area contributed by atoms with Crippen LogP contribution >= 0.6 is 11.8 Å². The van der Waals surface area contributed by atoms with Crippen molar-refractivity contribution in [2.45, 2.75) is 24.3 Å². The number of aliphatic hydroxyl groups excluding tert-OH is 1. The molecular formula is C12H16FNO3S. The van der Waals surface area contributed by atoms with Crippen molar-refractivity contribution in [3.8, 4) is 0 Å². The fraction of sp³-hybridized carbons (Fsp3) is 0.417. The minimum absolute atomic E-state index is 0.0536. The Morgan fingerprint density at radius 3 is 2.94 bits per heavy atom. The average molecular weight is 273 g/mol. The number of halogens is 1. The van der Waals surface area contributed by atoms with Gasteiger partial charge in [0, 0.05) is 16.3 Å². The molecule has 1 unspecified atom stereocenters. The Labute approximate surface area is 109 Å². The number of carbonyl (C=O) groups is 1. The number of hydrogen-bond donors (Lipinski definition) is 2. The number of ether oxygens (including phenoxy) is 1. The highest BCUT2D eigenvalue weighted by Gasteiger charge is 2.12. The summed E-state index contributed by atoms with van der Waals surface area (Å²) in [4.78, 5) is 11.8. The van der Waals surface area contributed by atoms with Gasteiger partial charge in [0.1, 0.15) is 5.82 Å². The molecule has 1 atom stereocenters. The molecule has 0 aliphatic heterocycles. The number of nitrogens with two attached hydrogens (primary N) is 1. The molecule has 0 saturated carbocycles. The summed E-state index contributed by atoms with van der Waals surface area (Å²) >= 11 is 1.27. The first-order valence-corrected chi connectivity index (χ1v) is 6.53. The first-order chi connectivity index (χ1) is 8.52. The molecule has 4 nitrogen and oxygen atoms in total. The van der Waals surface area contributed by atoms with Crippen molar-refractivity contribution < 1.29 is 19.0 Å². The lowest BCUT2D eigenvalue weighted by Crippen LogP contribution is -2.17. The molecule has 6 heteroatoms. The second kappa shape index (κ2) is 7.23. The van der Waals surface area contributed by atoms with Crippen LogP contribution in [-0.2, 0) is 9.53 Å². The molecule has 1 aromatic rings. The third-order valence-electron chi connectivity index (χ3n) is 2.11.